The maximum Gasteiger partial charge on any atom is 0.336 e. The monoisotopic (exact) mass is 239 g/mol. The van der Waals surface area contributed by atoms with Gasteiger partial charge < -0.3 is 10.4 Å². The van der Waals surface area contributed by atoms with Crippen molar-refractivity contribution in [3.05, 3.63) is 35.4 Å². The minimum atomic E-state index is -1.09. The van der Waals surface area contributed by atoms with Crippen molar-refractivity contribution >= 4 is 23.6 Å². The largest absolute Gasteiger partial charge is 0.478 e. The van der Waals surface area contributed by atoms with Gasteiger partial charge in [0.25, 0.3) is 5.91 Å². The number of hydrogen-bond acceptors (Lipinski definition) is 3. The highest BCUT2D eigenvalue weighted by Crippen LogP contribution is 2.08. The molecule has 0 unspecified atom stereocenters. The fourth-order valence-electron chi connectivity index (χ4n) is 1.23. The highest BCUT2D eigenvalue weighted by atomic mass is 32.2. The molecule has 0 spiro atoms. The molecule has 1 amide bonds. The van der Waals surface area contributed by atoms with E-state index in [0.717, 1.165) is 5.75 Å². The Hall–Kier alpha value is -1.49. The summed E-state index contributed by atoms with van der Waals surface area (Å²) < 4.78 is 0. The van der Waals surface area contributed by atoms with Crippen LogP contribution in [0.3, 0.4) is 0 Å². The van der Waals surface area contributed by atoms with Crippen LogP contribution in [0.25, 0.3) is 0 Å². The normalized spacial score (nSPS) is 9.81. The number of carboxylic acid groups (broad SMARTS) is 1. The van der Waals surface area contributed by atoms with Crippen molar-refractivity contribution in [3.63, 3.8) is 0 Å². The molecular formula is C11H13NO3S. The van der Waals surface area contributed by atoms with Gasteiger partial charge in [-0.25, -0.2) is 4.79 Å². The minimum Gasteiger partial charge on any atom is -0.478 e. The molecule has 0 aliphatic rings. The Morgan fingerprint density at radius 2 is 1.94 bits per heavy atom. The number of carbonyl (C=O) groups is 2. The molecule has 1 aromatic carbocycles. The molecule has 16 heavy (non-hydrogen) atoms. The van der Waals surface area contributed by atoms with E-state index in [4.69, 9.17) is 5.11 Å². The molecule has 0 aliphatic heterocycles. The molecule has 4 nitrogen and oxygen atoms in total. The number of hydrogen-bond donors (Lipinski definition) is 2. The van der Waals surface area contributed by atoms with Gasteiger partial charge >= 0.3 is 5.97 Å². The number of nitrogens with one attached hydrogen (secondary N) is 1. The topological polar surface area (TPSA) is 66.4 Å². The van der Waals surface area contributed by atoms with Gasteiger partial charge in [0.2, 0.25) is 0 Å². The zero-order valence-electron chi connectivity index (χ0n) is 8.90. The summed E-state index contributed by atoms with van der Waals surface area (Å²) in [4.78, 5) is 22.5. The molecule has 0 bridgehead atoms. The fraction of sp³-hybridized carbons (Fsp3) is 0.273. The lowest BCUT2D eigenvalue weighted by molar-refractivity contribution is 0.0691. The van der Waals surface area contributed by atoms with Gasteiger partial charge in [-0.3, -0.25) is 4.79 Å². The second-order valence-corrected chi connectivity index (χ2v) is 4.09. The summed E-state index contributed by atoms with van der Waals surface area (Å²) in [5.74, 6) is -0.622. The van der Waals surface area contributed by atoms with Gasteiger partial charge in [-0.1, -0.05) is 12.1 Å². The summed E-state index contributed by atoms with van der Waals surface area (Å²) in [7, 11) is 0. The fourth-order valence-corrected chi connectivity index (χ4v) is 1.54. The summed E-state index contributed by atoms with van der Waals surface area (Å²) in [6.07, 6.45) is 1.94. The van der Waals surface area contributed by atoms with Crippen LogP contribution in [0.1, 0.15) is 20.7 Å². The lowest BCUT2D eigenvalue weighted by atomic mass is 10.1. The molecule has 0 saturated heterocycles. The maximum atomic E-state index is 11.7. The summed E-state index contributed by atoms with van der Waals surface area (Å²) in [6, 6.07) is 6.18. The molecule has 5 heteroatoms. The molecule has 0 saturated carbocycles. The number of amides is 1. The zero-order chi connectivity index (χ0) is 12.0. The molecule has 0 heterocycles. The van der Waals surface area contributed by atoms with E-state index in [1.54, 1.807) is 23.9 Å². The van der Waals surface area contributed by atoms with Gasteiger partial charge in [0.05, 0.1) is 11.1 Å². The van der Waals surface area contributed by atoms with Gasteiger partial charge in [-0.15, -0.1) is 0 Å². The third-order valence-corrected chi connectivity index (χ3v) is 2.61. The summed E-state index contributed by atoms with van der Waals surface area (Å²) >= 11 is 1.62. The van der Waals surface area contributed by atoms with Crippen molar-refractivity contribution in [2.24, 2.45) is 0 Å². The number of benzene rings is 1. The van der Waals surface area contributed by atoms with Gasteiger partial charge in [0.15, 0.2) is 0 Å². The van der Waals surface area contributed by atoms with Crippen molar-refractivity contribution in [2.75, 3.05) is 18.6 Å². The second-order valence-electron chi connectivity index (χ2n) is 3.10. The summed E-state index contributed by atoms with van der Waals surface area (Å²) in [5.41, 5.74) is 0.236. The highest BCUT2D eigenvalue weighted by Gasteiger charge is 2.14. The van der Waals surface area contributed by atoms with Crippen LogP contribution in [0.2, 0.25) is 0 Å². The minimum absolute atomic E-state index is 0.0316. The van der Waals surface area contributed by atoms with Crippen LogP contribution >= 0.6 is 11.8 Å². The highest BCUT2D eigenvalue weighted by molar-refractivity contribution is 7.98. The number of rotatable bonds is 5. The van der Waals surface area contributed by atoms with Crippen LogP contribution in [0, 0.1) is 0 Å². The van der Waals surface area contributed by atoms with Crippen LogP contribution in [0.5, 0.6) is 0 Å². The van der Waals surface area contributed by atoms with E-state index in [2.05, 4.69) is 5.32 Å². The summed E-state index contributed by atoms with van der Waals surface area (Å²) in [5, 5.41) is 11.6. The van der Waals surface area contributed by atoms with E-state index < -0.39 is 5.97 Å². The van der Waals surface area contributed by atoms with E-state index in [9.17, 15) is 9.59 Å². The first-order chi connectivity index (χ1) is 7.66. The van der Waals surface area contributed by atoms with E-state index >= 15 is 0 Å². The number of carboxylic acids is 1. The Kier molecular flexibility index (Phi) is 4.85. The van der Waals surface area contributed by atoms with Crippen molar-refractivity contribution in [1.29, 1.82) is 0 Å². The average Bonchev–Trinajstić information content (AvgIpc) is 2.29. The molecule has 0 aliphatic carbocycles. The molecular weight excluding hydrogens is 226 g/mol. The Morgan fingerprint density at radius 3 is 2.50 bits per heavy atom. The van der Waals surface area contributed by atoms with E-state index in [1.165, 1.54) is 12.1 Å². The summed E-state index contributed by atoms with van der Waals surface area (Å²) in [6.45, 7) is 0.536. The van der Waals surface area contributed by atoms with Crippen molar-refractivity contribution in [2.45, 2.75) is 0 Å². The smallest absolute Gasteiger partial charge is 0.336 e. The van der Waals surface area contributed by atoms with Gasteiger partial charge in [-0.05, 0) is 18.4 Å². The number of aromatic carboxylic acids is 1. The van der Waals surface area contributed by atoms with Crippen molar-refractivity contribution in [3.8, 4) is 0 Å². The van der Waals surface area contributed by atoms with E-state index in [0.29, 0.717) is 6.54 Å². The second kappa shape index (κ2) is 6.17. The Labute approximate surface area is 98.0 Å². The predicted octanol–water partition coefficient (Wildman–Crippen LogP) is 1.48. The van der Waals surface area contributed by atoms with Crippen LogP contribution < -0.4 is 5.32 Å². The van der Waals surface area contributed by atoms with Crippen LogP contribution in [-0.2, 0) is 0 Å². The third kappa shape index (κ3) is 3.27. The first-order valence-corrected chi connectivity index (χ1v) is 6.15. The molecule has 0 aromatic heterocycles. The Balaban J connectivity index is 2.78. The molecule has 0 radical (unpaired) electrons. The number of carbonyl (C=O) groups excluding carboxylic acids is 1. The van der Waals surface area contributed by atoms with Gasteiger partial charge in [0, 0.05) is 12.3 Å². The third-order valence-electron chi connectivity index (χ3n) is 1.99. The van der Waals surface area contributed by atoms with Crippen molar-refractivity contribution < 1.29 is 14.7 Å². The van der Waals surface area contributed by atoms with E-state index in [-0.39, 0.29) is 17.0 Å². The standard InChI is InChI=1S/C11H13NO3S/c1-16-7-6-12-10(13)8-4-2-3-5-9(8)11(14)15/h2-5H,6-7H2,1H3,(H,12,13)(H,14,15). The predicted molar refractivity (Wildman–Crippen MR) is 64.1 cm³/mol. The van der Waals surface area contributed by atoms with Crippen molar-refractivity contribution in [1.82, 2.24) is 5.32 Å². The first kappa shape index (κ1) is 12.6. The Morgan fingerprint density at radius 1 is 1.31 bits per heavy atom. The quantitative estimate of drug-likeness (QED) is 0.764. The van der Waals surface area contributed by atoms with Crippen LogP contribution in [0.4, 0.5) is 0 Å². The number of thioether (sulfide) groups is 1. The molecule has 0 atom stereocenters. The van der Waals surface area contributed by atoms with Gasteiger partial charge in [0.1, 0.15) is 0 Å². The Bertz CT molecular complexity index is 393. The molecule has 86 valence electrons. The van der Waals surface area contributed by atoms with Crippen LogP contribution in [-0.4, -0.2) is 35.5 Å². The molecule has 0 fully saturated rings. The lowest BCUT2D eigenvalue weighted by Crippen LogP contribution is -2.27. The van der Waals surface area contributed by atoms with Crippen LogP contribution in [0.15, 0.2) is 24.3 Å². The molecule has 1 aromatic rings. The van der Waals surface area contributed by atoms with Gasteiger partial charge in [-0.2, -0.15) is 11.8 Å². The molecule has 2 N–H and O–H groups in total. The molecule has 1 rings (SSSR count). The maximum absolute atomic E-state index is 11.7. The first-order valence-electron chi connectivity index (χ1n) is 4.76. The average molecular weight is 239 g/mol. The lowest BCUT2D eigenvalue weighted by Gasteiger charge is -2.06. The SMILES string of the molecule is CSCCNC(=O)c1ccccc1C(=O)O. The zero-order valence-corrected chi connectivity index (χ0v) is 9.71. The van der Waals surface area contributed by atoms with E-state index in [1.807, 2.05) is 6.26 Å².